The average Bonchev–Trinajstić information content (AvgIpc) is 2.39. The number of nitrogens with one attached hydrogen (secondary N) is 1. The molecule has 0 spiro atoms. The third kappa shape index (κ3) is 5.44. The SMILES string of the molecule is CCOC(=O)/C=C(\Nc1cc(OC)ccc1I)C(F)(F)F. The zero-order chi connectivity index (χ0) is 16.0. The van der Waals surface area contributed by atoms with Crippen LogP contribution in [0.5, 0.6) is 5.75 Å². The van der Waals surface area contributed by atoms with Gasteiger partial charge in [-0.25, -0.2) is 4.79 Å². The van der Waals surface area contributed by atoms with Crippen molar-refractivity contribution in [2.24, 2.45) is 0 Å². The van der Waals surface area contributed by atoms with Crippen LogP contribution in [0.15, 0.2) is 30.0 Å². The molecule has 0 aliphatic heterocycles. The van der Waals surface area contributed by atoms with E-state index >= 15 is 0 Å². The van der Waals surface area contributed by atoms with Gasteiger partial charge in [0.25, 0.3) is 0 Å². The van der Waals surface area contributed by atoms with Crippen molar-refractivity contribution in [1.82, 2.24) is 0 Å². The average molecular weight is 415 g/mol. The molecule has 1 N–H and O–H groups in total. The van der Waals surface area contributed by atoms with Gasteiger partial charge in [0.05, 0.1) is 25.5 Å². The van der Waals surface area contributed by atoms with Gasteiger partial charge >= 0.3 is 12.1 Å². The molecular formula is C13H13F3INO3. The fourth-order valence-electron chi connectivity index (χ4n) is 1.36. The zero-order valence-electron chi connectivity index (χ0n) is 11.3. The van der Waals surface area contributed by atoms with Crippen LogP contribution in [-0.2, 0) is 9.53 Å². The highest BCUT2D eigenvalue weighted by atomic mass is 127. The van der Waals surface area contributed by atoms with Crippen LogP contribution >= 0.6 is 22.6 Å². The van der Waals surface area contributed by atoms with Crippen LogP contribution in [0, 0.1) is 3.57 Å². The molecule has 0 fully saturated rings. The second-order valence-corrected chi connectivity index (χ2v) is 4.94. The number of methoxy groups -OCH3 is 1. The van der Waals surface area contributed by atoms with E-state index in [0.717, 1.165) is 0 Å². The smallest absolute Gasteiger partial charge is 0.431 e. The van der Waals surface area contributed by atoms with Crippen molar-refractivity contribution in [1.29, 1.82) is 0 Å². The minimum absolute atomic E-state index is 0.00281. The topological polar surface area (TPSA) is 47.6 Å². The molecule has 116 valence electrons. The van der Waals surface area contributed by atoms with Gasteiger partial charge in [0, 0.05) is 9.64 Å². The normalized spacial score (nSPS) is 12.0. The maximum atomic E-state index is 12.9. The molecule has 0 aromatic heterocycles. The number of carbonyl (C=O) groups is 1. The predicted octanol–water partition coefficient (Wildman–Crippen LogP) is 3.72. The van der Waals surface area contributed by atoms with Gasteiger partial charge in [-0.1, -0.05) is 0 Å². The Bertz CT molecular complexity index is 544. The fraction of sp³-hybridized carbons (Fsp3) is 0.308. The molecule has 1 aromatic rings. The van der Waals surface area contributed by atoms with Crippen LogP contribution in [0.3, 0.4) is 0 Å². The van der Waals surface area contributed by atoms with Gasteiger partial charge in [0.2, 0.25) is 0 Å². The van der Waals surface area contributed by atoms with Crippen molar-refractivity contribution >= 4 is 34.2 Å². The molecule has 1 aromatic carbocycles. The monoisotopic (exact) mass is 415 g/mol. The van der Waals surface area contributed by atoms with Crippen molar-refractivity contribution in [3.8, 4) is 5.75 Å². The van der Waals surface area contributed by atoms with Crippen LogP contribution in [0.1, 0.15) is 6.92 Å². The van der Waals surface area contributed by atoms with E-state index in [4.69, 9.17) is 4.74 Å². The van der Waals surface area contributed by atoms with Crippen LogP contribution in [0.2, 0.25) is 0 Å². The Morgan fingerprint density at radius 3 is 2.62 bits per heavy atom. The summed E-state index contributed by atoms with van der Waals surface area (Å²) in [5.41, 5.74) is -1.02. The van der Waals surface area contributed by atoms with E-state index in [-0.39, 0.29) is 12.3 Å². The number of alkyl halides is 3. The van der Waals surface area contributed by atoms with Crippen LogP contribution in [0.25, 0.3) is 0 Å². The van der Waals surface area contributed by atoms with Crippen LogP contribution in [-0.4, -0.2) is 25.9 Å². The summed E-state index contributed by atoms with van der Waals surface area (Å²) < 4.78 is 48.9. The lowest BCUT2D eigenvalue weighted by Gasteiger charge is -2.16. The van der Waals surface area contributed by atoms with Gasteiger partial charge in [-0.05, 0) is 41.6 Å². The van der Waals surface area contributed by atoms with Gasteiger partial charge in [-0.15, -0.1) is 0 Å². The van der Waals surface area contributed by atoms with Crippen molar-refractivity contribution in [3.05, 3.63) is 33.5 Å². The van der Waals surface area contributed by atoms with E-state index in [1.165, 1.54) is 20.1 Å². The third-order valence-corrected chi connectivity index (χ3v) is 3.24. The number of carbonyl (C=O) groups excluding carboxylic acids is 1. The molecule has 0 aliphatic rings. The lowest BCUT2D eigenvalue weighted by Crippen LogP contribution is -2.21. The number of hydrogen-bond acceptors (Lipinski definition) is 4. The first-order valence-corrected chi connectivity index (χ1v) is 6.92. The zero-order valence-corrected chi connectivity index (χ0v) is 13.4. The fourth-order valence-corrected chi connectivity index (χ4v) is 1.83. The first-order valence-electron chi connectivity index (χ1n) is 5.84. The number of halogens is 4. The molecule has 1 rings (SSSR count). The molecule has 0 amide bonds. The van der Waals surface area contributed by atoms with Gasteiger partial charge in [0.1, 0.15) is 11.4 Å². The minimum atomic E-state index is -4.71. The molecule has 0 unspecified atom stereocenters. The predicted molar refractivity (Wildman–Crippen MR) is 80.1 cm³/mol. The highest BCUT2D eigenvalue weighted by Crippen LogP contribution is 2.31. The number of allylic oxidation sites excluding steroid dienone is 1. The van der Waals surface area contributed by atoms with E-state index in [2.05, 4.69) is 10.1 Å². The van der Waals surface area contributed by atoms with Crippen molar-refractivity contribution < 1.29 is 27.4 Å². The maximum absolute atomic E-state index is 12.9. The van der Waals surface area contributed by atoms with E-state index in [1.54, 1.807) is 12.1 Å². The maximum Gasteiger partial charge on any atom is 0.431 e. The molecule has 8 heteroatoms. The Hall–Kier alpha value is -1.45. The van der Waals surface area contributed by atoms with Gasteiger partial charge < -0.3 is 14.8 Å². The van der Waals surface area contributed by atoms with Crippen LogP contribution < -0.4 is 10.1 Å². The highest BCUT2D eigenvalue weighted by molar-refractivity contribution is 14.1. The van der Waals surface area contributed by atoms with Crippen LogP contribution in [0.4, 0.5) is 18.9 Å². The van der Waals surface area contributed by atoms with Crippen molar-refractivity contribution in [2.45, 2.75) is 13.1 Å². The number of anilines is 1. The van der Waals surface area contributed by atoms with Crippen molar-refractivity contribution in [2.75, 3.05) is 19.0 Å². The first-order chi connectivity index (χ1) is 9.77. The molecule has 0 radical (unpaired) electrons. The summed E-state index contributed by atoms with van der Waals surface area (Å²) >= 11 is 1.88. The molecule has 4 nitrogen and oxygen atoms in total. The lowest BCUT2D eigenvalue weighted by molar-refractivity contribution is -0.138. The molecule has 0 atom stereocenters. The summed E-state index contributed by atoms with van der Waals surface area (Å²) in [5, 5.41) is 2.20. The standard InChI is InChI=1S/C13H13F3INO3/c1-3-21-12(19)7-11(13(14,15)16)18-10-6-8(20-2)4-5-9(10)17/h4-7,18H,3H2,1-2H3/b11-7-. The summed E-state index contributed by atoms with van der Waals surface area (Å²) in [5.74, 6) is -0.661. The molecule has 0 heterocycles. The summed E-state index contributed by atoms with van der Waals surface area (Å²) in [6.45, 7) is 1.51. The Morgan fingerprint density at radius 1 is 1.43 bits per heavy atom. The third-order valence-electron chi connectivity index (χ3n) is 2.30. The Kier molecular flexibility index (Phi) is 6.31. The number of esters is 1. The largest absolute Gasteiger partial charge is 0.497 e. The molecule has 0 saturated carbocycles. The summed E-state index contributed by atoms with van der Waals surface area (Å²) in [6, 6.07) is 4.63. The summed E-state index contributed by atoms with van der Waals surface area (Å²) in [4.78, 5) is 11.2. The van der Waals surface area contributed by atoms with E-state index in [1.807, 2.05) is 22.6 Å². The Balaban J connectivity index is 3.10. The van der Waals surface area contributed by atoms with Gasteiger partial charge in [-0.2, -0.15) is 13.2 Å². The number of benzene rings is 1. The number of ether oxygens (including phenoxy) is 2. The second-order valence-electron chi connectivity index (χ2n) is 3.78. The minimum Gasteiger partial charge on any atom is -0.497 e. The quantitative estimate of drug-likeness (QED) is 0.453. The summed E-state index contributed by atoms with van der Waals surface area (Å²) in [6.07, 6.45) is -4.32. The van der Waals surface area contributed by atoms with E-state index < -0.39 is 17.8 Å². The number of hydrogen-bond donors (Lipinski definition) is 1. The summed E-state index contributed by atoms with van der Waals surface area (Å²) in [7, 11) is 1.41. The second kappa shape index (κ2) is 7.53. The lowest BCUT2D eigenvalue weighted by atomic mass is 10.2. The molecule has 0 bridgehead atoms. The molecule has 21 heavy (non-hydrogen) atoms. The van der Waals surface area contributed by atoms with Gasteiger partial charge in [-0.3, -0.25) is 0 Å². The highest BCUT2D eigenvalue weighted by Gasteiger charge is 2.35. The first kappa shape index (κ1) is 17.6. The van der Waals surface area contributed by atoms with E-state index in [0.29, 0.717) is 15.4 Å². The molecule has 0 saturated heterocycles. The van der Waals surface area contributed by atoms with Gasteiger partial charge in [0.15, 0.2) is 0 Å². The van der Waals surface area contributed by atoms with E-state index in [9.17, 15) is 18.0 Å². The Labute approximate surface area is 133 Å². The number of rotatable bonds is 5. The molecular weight excluding hydrogens is 402 g/mol. The Morgan fingerprint density at radius 2 is 2.10 bits per heavy atom. The van der Waals surface area contributed by atoms with Crippen molar-refractivity contribution in [3.63, 3.8) is 0 Å². The molecule has 0 aliphatic carbocycles.